The number of esters is 1. The smallest absolute Gasteiger partial charge is 0.355 e. The average molecular weight is 471 g/mol. The van der Waals surface area contributed by atoms with Crippen molar-refractivity contribution >= 4 is 17.7 Å². The first kappa shape index (κ1) is 27.3. The van der Waals surface area contributed by atoms with Gasteiger partial charge in [-0.25, -0.2) is 4.79 Å². The maximum Gasteiger partial charge on any atom is 0.355 e. The van der Waals surface area contributed by atoms with Gasteiger partial charge in [-0.2, -0.15) is 0 Å². The van der Waals surface area contributed by atoms with Crippen molar-refractivity contribution in [3.8, 4) is 0 Å². The van der Waals surface area contributed by atoms with Crippen LogP contribution in [0.5, 0.6) is 0 Å². The number of aryl methyl sites for hydroxylation is 1. The molecule has 186 valence electrons. The van der Waals surface area contributed by atoms with Gasteiger partial charge in [0.25, 0.3) is 5.91 Å². The van der Waals surface area contributed by atoms with Crippen molar-refractivity contribution < 1.29 is 23.9 Å². The Hall–Kier alpha value is -2.93. The highest BCUT2D eigenvalue weighted by Crippen LogP contribution is 2.26. The molecule has 34 heavy (non-hydrogen) atoms. The van der Waals surface area contributed by atoms with Gasteiger partial charge in [0.05, 0.1) is 12.6 Å². The summed E-state index contributed by atoms with van der Waals surface area (Å²) in [5.74, 6) is -0.834. The summed E-state index contributed by atoms with van der Waals surface area (Å²) in [6.45, 7) is 15.2. The molecule has 0 aliphatic rings. The molecular formula is C27H38N2O5. The molecule has 2 rings (SSSR count). The second-order valence-corrected chi connectivity index (χ2v) is 8.35. The third-order valence-electron chi connectivity index (χ3n) is 6.10. The van der Waals surface area contributed by atoms with E-state index in [2.05, 4.69) is 0 Å². The first-order chi connectivity index (χ1) is 16.2. The number of aromatic nitrogens is 1. The summed E-state index contributed by atoms with van der Waals surface area (Å²) in [6.07, 6.45) is 0.616. The van der Waals surface area contributed by atoms with E-state index in [4.69, 9.17) is 9.47 Å². The summed E-state index contributed by atoms with van der Waals surface area (Å²) in [7, 11) is 0. The molecule has 1 heterocycles. The zero-order chi connectivity index (χ0) is 25.4. The molecule has 0 saturated carbocycles. The number of hydrogen-bond acceptors (Lipinski definition) is 5. The van der Waals surface area contributed by atoms with Gasteiger partial charge in [-0.3, -0.25) is 9.59 Å². The van der Waals surface area contributed by atoms with E-state index in [1.807, 2.05) is 44.4 Å². The van der Waals surface area contributed by atoms with Gasteiger partial charge in [-0.1, -0.05) is 17.7 Å². The number of carbonyl (C=O) groups is 3. The predicted octanol–water partition coefficient (Wildman–Crippen LogP) is 4.75. The number of rotatable bonds is 12. The van der Waals surface area contributed by atoms with E-state index in [1.54, 1.807) is 37.8 Å². The fraction of sp³-hybridized carbons (Fsp3) is 0.519. The van der Waals surface area contributed by atoms with Crippen LogP contribution in [0.4, 0.5) is 0 Å². The monoisotopic (exact) mass is 470 g/mol. The second-order valence-electron chi connectivity index (χ2n) is 8.35. The zero-order valence-electron chi connectivity index (χ0n) is 21.6. The van der Waals surface area contributed by atoms with Gasteiger partial charge >= 0.3 is 5.97 Å². The highest BCUT2D eigenvalue weighted by atomic mass is 16.5. The van der Waals surface area contributed by atoms with E-state index in [1.165, 1.54) is 0 Å². The molecule has 1 aromatic heterocycles. The quantitative estimate of drug-likeness (QED) is 0.254. The van der Waals surface area contributed by atoms with Gasteiger partial charge in [0.1, 0.15) is 5.69 Å². The molecule has 1 aromatic carbocycles. The lowest BCUT2D eigenvalue weighted by Crippen LogP contribution is -2.44. The van der Waals surface area contributed by atoms with E-state index in [-0.39, 0.29) is 18.3 Å². The topological polar surface area (TPSA) is 77.8 Å². The minimum Gasteiger partial charge on any atom is -0.461 e. The molecule has 7 heteroatoms. The highest BCUT2D eigenvalue weighted by molar-refractivity contribution is 6.07. The standard InChI is InChI=1S/C27H38N2O5/c1-8-28-20(6)23(19(5)24(28)27(32)34-10-3)25(30)21(7)29(16-11-17-33-9-2)26(31)22-14-12-18(4)13-15-22/h12-15,21H,8-11,16-17H2,1-7H3. The Bertz CT molecular complexity index is 1010. The van der Waals surface area contributed by atoms with Crippen molar-refractivity contribution in [1.29, 1.82) is 0 Å². The molecule has 0 radical (unpaired) electrons. The van der Waals surface area contributed by atoms with Gasteiger partial charge in [0.2, 0.25) is 0 Å². The molecule has 1 unspecified atom stereocenters. The predicted molar refractivity (Wildman–Crippen MR) is 133 cm³/mol. The van der Waals surface area contributed by atoms with E-state index in [0.717, 1.165) is 5.56 Å². The first-order valence-corrected chi connectivity index (χ1v) is 12.1. The lowest BCUT2D eigenvalue weighted by molar-refractivity contribution is 0.0512. The number of Topliss-reactive ketones (excluding diaryl/α,β-unsaturated/α-hetero) is 1. The number of ketones is 1. The summed E-state index contributed by atoms with van der Waals surface area (Å²) in [4.78, 5) is 41.5. The average Bonchev–Trinajstić information content (AvgIpc) is 3.07. The zero-order valence-corrected chi connectivity index (χ0v) is 21.6. The summed E-state index contributed by atoms with van der Waals surface area (Å²) in [5.41, 5.74) is 3.76. The molecule has 1 amide bonds. The van der Waals surface area contributed by atoms with E-state index >= 15 is 0 Å². The van der Waals surface area contributed by atoms with Gasteiger partial charge < -0.3 is 18.9 Å². The number of hydrogen-bond donors (Lipinski definition) is 0. The molecule has 1 atom stereocenters. The van der Waals surface area contributed by atoms with Crippen molar-refractivity contribution in [3.05, 3.63) is 57.9 Å². The largest absolute Gasteiger partial charge is 0.461 e. The Balaban J connectivity index is 2.44. The lowest BCUT2D eigenvalue weighted by Gasteiger charge is -2.29. The lowest BCUT2D eigenvalue weighted by atomic mass is 9.99. The number of amides is 1. The molecule has 0 aliphatic carbocycles. The molecule has 0 spiro atoms. The van der Waals surface area contributed by atoms with E-state index in [9.17, 15) is 14.4 Å². The summed E-state index contributed by atoms with van der Waals surface area (Å²) in [5, 5.41) is 0. The van der Waals surface area contributed by atoms with Crippen LogP contribution in [0.3, 0.4) is 0 Å². The molecule has 0 bridgehead atoms. The maximum absolute atomic E-state index is 13.8. The molecule has 0 N–H and O–H groups in total. The number of benzene rings is 1. The molecule has 7 nitrogen and oxygen atoms in total. The number of carbonyl (C=O) groups excluding carboxylic acids is 3. The Morgan fingerprint density at radius 3 is 2.21 bits per heavy atom. The van der Waals surface area contributed by atoms with Gasteiger partial charge in [0, 0.05) is 43.1 Å². The Kier molecular flexibility index (Phi) is 10.1. The maximum atomic E-state index is 13.8. The van der Waals surface area contributed by atoms with Crippen LogP contribution < -0.4 is 0 Å². The fourth-order valence-corrected chi connectivity index (χ4v) is 4.28. The number of nitrogens with zero attached hydrogens (tertiary/aromatic N) is 2. The summed E-state index contributed by atoms with van der Waals surface area (Å²) < 4.78 is 12.5. The van der Waals surface area contributed by atoms with E-state index in [0.29, 0.717) is 60.8 Å². The third-order valence-corrected chi connectivity index (χ3v) is 6.10. The Morgan fingerprint density at radius 2 is 1.65 bits per heavy atom. The normalized spacial score (nSPS) is 11.9. The highest BCUT2D eigenvalue weighted by Gasteiger charge is 2.33. The Labute approximate surface area is 203 Å². The van der Waals surface area contributed by atoms with Crippen LogP contribution in [0.2, 0.25) is 0 Å². The SMILES string of the molecule is CCOCCCN(C(=O)c1ccc(C)cc1)C(C)C(=O)c1c(C)c(C(=O)OCC)n(CC)c1C. The van der Waals surface area contributed by atoms with Crippen molar-refractivity contribution in [1.82, 2.24) is 9.47 Å². The van der Waals surface area contributed by atoms with Crippen LogP contribution in [0.1, 0.15) is 82.1 Å². The van der Waals surface area contributed by atoms with Gasteiger partial charge in [-0.15, -0.1) is 0 Å². The van der Waals surface area contributed by atoms with Crippen molar-refractivity contribution in [3.63, 3.8) is 0 Å². The Morgan fingerprint density at radius 1 is 1.00 bits per heavy atom. The second kappa shape index (κ2) is 12.5. The molecule has 0 aliphatic heterocycles. The minimum atomic E-state index is -0.712. The summed E-state index contributed by atoms with van der Waals surface area (Å²) >= 11 is 0. The fourth-order valence-electron chi connectivity index (χ4n) is 4.28. The van der Waals surface area contributed by atoms with Crippen LogP contribution in [0, 0.1) is 20.8 Å². The molecule has 2 aromatic rings. The van der Waals surface area contributed by atoms with Crippen LogP contribution in [0.25, 0.3) is 0 Å². The molecule has 0 fully saturated rings. The summed E-state index contributed by atoms with van der Waals surface area (Å²) in [6, 6.07) is 6.63. The molecule has 0 saturated heterocycles. The van der Waals surface area contributed by atoms with Gasteiger partial charge in [-0.05, 0) is 72.6 Å². The van der Waals surface area contributed by atoms with Crippen molar-refractivity contribution in [2.24, 2.45) is 0 Å². The molecular weight excluding hydrogens is 432 g/mol. The van der Waals surface area contributed by atoms with Gasteiger partial charge in [0.15, 0.2) is 5.78 Å². The first-order valence-electron chi connectivity index (χ1n) is 12.1. The van der Waals surface area contributed by atoms with Crippen molar-refractivity contribution in [2.45, 2.75) is 67.5 Å². The van der Waals surface area contributed by atoms with Crippen LogP contribution in [-0.4, -0.2) is 59.5 Å². The third kappa shape index (κ3) is 5.95. The van der Waals surface area contributed by atoms with Crippen LogP contribution >= 0.6 is 0 Å². The van der Waals surface area contributed by atoms with Crippen LogP contribution in [-0.2, 0) is 16.0 Å². The number of ether oxygens (including phenoxy) is 2. The van der Waals surface area contributed by atoms with Crippen molar-refractivity contribution in [2.75, 3.05) is 26.4 Å². The minimum absolute atomic E-state index is 0.190. The van der Waals surface area contributed by atoms with Crippen LogP contribution in [0.15, 0.2) is 24.3 Å². The van der Waals surface area contributed by atoms with E-state index < -0.39 is 12.0 Å².